The lowest BCUT2D eigenvalue weighted by molar-refractivity contribution is -0.141. The number of hydrogen-bond acceptors (Lipinski definition) is 4. The number of hydrogen-bond donors (Lipinski definition) is 1. The molecule has 2 aromatic rings. The van der Waals surface area contributed by atoms with Crippen molar-refractivity contribution in [2.24, 2.45) is 5.41 Å². The fourth-order valence-corrected chi connectivity index (χ4v) is 4.40. The number of methoxy groups -OCH3 is 1. The summed E-state index contributed by atoms with van der Waals surface area (Å²) in [5.74, 6) is 0.489. The summed E-state index contributed by atoms with van der Waals surface area (Å²) >= 11 is 0. The minimum absolute atomic E-state index is 0.0854. The third kappa shape index (κ3) is 2.37. The van der Waals surface area contributed by atoms with Crippen molar-refractivity contribution in [3.05, 3.63) is 63.3 Å². The number of aromatic nitrogens is 2. The first-order valence-corrected chi connectivity index (χ1v) is 9.46. The van der Waals surface area contributed by atoms with Gasteiger partial charge in [-0.15, -0.1) is 0 Å². The molecule has 142 valence electrons. The van der Waals surface area contributed by atoms with Crippen molar-refractivity contribution in [1.82, 2.24) is 9.55 Å². The van der Waals surface area contributed by atoms with E-state index in [9.17, 15) is 14.7 Å². The Morgan fingerprint density at radius 2 is 2.11 bits per heavy atom. The third-order valence-corrected chi connectivity index (χ3v) is 6.08. The van der Waals surface area contributed by atoms with Crippen LogP contribution in [0.3, 0.4) is 0 Å². The number of allylic oxidation sites excluding steroid dienone is 1. The van der Waals surface area contributed by atoms with E-state index in [2.05, 4.69) is 6.08 Å². The molecule has 1 N–H and O–H groups in total. The first kappa shape index (κ1) is 17.0. The Balaban J connectivity index is 1.60. The number of benzene rings is 1. The molecule has 0 saturated heterocycles. The standard InChI is InChI=1S/C22H20N2O4/c1-28-15-7-5-13(6-8-15)11-14-3-2-4-16-19(14)23-18-9-10-22(21(26)27)12-17(22)24(18)20(16)25/h5-11,17H,2-4,12H2,1H3,(H,26,27)/b14-11-. The van der Waals surface area contributed by atoms with Crippen molar-refractivity contribution < 1.29 is 14.6 Å². The number of carboxylic acids is 1. The van der Waals surface area contributed by atoms with Gasteiger partial charge in [0.1, 0.15) is 17.0 Å². The molecule has 1 saturated carbocycles. The van der Waals surface area contributed by atoms with E-state index in [1.54, 1.807) is 23.8 Å². The predicted molar refractivity (Wildman–Crippen MR) is 105 cm³/mol. The fourth-order valence-electron chi connectivity index (χ4n) is 4.40. The normalized spacial score (nSPS) is 25.6. The minimum atomic E-state index is -0.927. The molecule has 1 fully saturated rings. The second-order valence-electron chi connectivity index (χ2n) is 7.67. The molecular formula is C22H20N2O4. The summed E-state index contributed by atoms with van der Waals surface area (Å²) < 4.78 is 6.81. The summed E-state index contributed by atoms with van der Waals surface area (Å²) in [6, 6.07) is 7.47. The van der Waals surface area contributed by atoms with Crippen molar-refractivity contribution in [2.45, 2.75) is 31.7 Å². The van der Waals surface area contributed by atoms with Gasteiger partial charge in [-0.3, -0.25) is 14.2 Å². The maximum atomic E-state index is 13.2. The Bertz CT molecular complexity index is 1110. The summed E-state index contributed by atoms with van der Waals surface area (Å²) in [6.07, 6.45) is 8.35. The van der Waals surface area contributed by atoms with Crippen LogP contribution in [0.5, 0.6) is 5.75 Å². The second kappa shape index (κ2) is 5.92. The molecule has 0 bridgehead atoms. The topological polar surface area (TPSA) is 81.4 Å². The maximum Gasteiger partial charge on any atom is 0.315 e. The van der Waals surface area contributed by atoms with E-state index in [1.807, 2.05) is 24.3 Å². The molecule has 6 heteroatoms. The number of ether oxygens (including phenoxy) is 1. The highest BCUT2D eigenvalue weighted by Crippen LogP contribution is 2.59. The first-order chi connectivity index (χ1) is 13.5. The molecule has 2 atom stereocenters. The fraction of sp³-hybridized carbons (Fsp3) is 0.318. The summed E-state index contributed by atoms with van der Waals surface area (Å²) in [7, 11) is 1.64. The second-order valence-corrected chi connectivity index (χ2v) is 7.67. The van der Waals surface area contributed by atoms with Crippen LogP contribution in [-0.4, -0.2) is 27.7 Å². The van der Waals surface area contributed by atoms with Gasteiger partial charge in [0.25, 0.3) is 5.56 Å². The molecule has 1 aliphatic heterocycles. The molecule has 2 aliphatic carbocycles. The van der Waals surface area contributed by atoms with E-state index in [0.29, 0.717) is 24.2 Å². The van der Waals surface area contributed by atoms with Gasteiger partial charge in [0.05, 0.1) is 18.8 Å². The van der Waals surface area contributed by atoms with Gasteiger partial charge in [0.15, 0.2) is 0 Å². The molecule has 2 unspecified atom stereocenters. The molecule has 0 spiro atoms. The van der Waals surface area contributed by atoms with Crippen LogP contribution in [0, 0.1) is 5.41 Å². The smallest absolute Gasteiger partial charge is 0.315 e. The van der Waals surface area contributed by atoms with Gasteiger partial charge in [-0.25, -0.2) is 4.98 Å². The van der Waals surface area contributed by atoms with E-state index in [1.165, 1.54) is 0 Å². The van der Waals surface area contributed by atoms with E-state index in [0.717, 1.165) is 35.4 Å². The van der Waals surface area contributed by atoms with Gasteiger partial charge in [0, 0.05) is 5.56 Å². The van der Waals surface area contributed by atoms with Gasteiger partial charge >= 0.3 is 5.97 Å². The van der Waals surface area contributed by atoms with Crippen molar-refractivity contribution in [2.75, 3.05) is 7.11 Å². The van der Waals surface area contributed by atoms with Gasteiger partial charge in [-0.05, 0) is 61.1 Å². The largest absolute Gasteiger partial charge is 0.497 e. The molecule has 1 aromatic heterocycles. The van der Waals surface area contributed by atoms with Crippen molar-refractivity contribution in [3.8, 4) is 5.75 Å². The van der Waals surface area contributed by atoms with Crippen LogP contribution in [0.25, 0.3) is 17.7 Å². The van der Waals surface area contributed by atoms with Gasteiger partial charge < -0.3 is 9.84 Å². The molecule has 0 radical (unpaired) electrons. The highest BCUT2D eigenvalue weighted by atomic mass is 16.5. The number of rotatable bonds is 3. The van der Waals surface area contributed by atoms with Crippen LogP contribution in [-0.2, 0) is 11.2 Å². The number of nitrogens with zero attached hydrogens (tertiary/aromatic N) is 2. The van der Waals surface area contributed by atoms with Crippen LogP contribution in [0.4, 0.5) is 0 Å². The molecule has 3 aliphatic rings. The van der Waals surface area contributed by atoms with E-state index in [-0.39, 0.29) is 11.6 Å². The monoisotopic (exact) mass is 376 g/mol. The zero-order chi connectivity index (χ0) is 19.5. The molecule has 2 heterocycles. The number of carboxylic acid groups (broad SMARTS) is 1. The van der Waals surface area contributed by atoms with Gasteiger partial charge in [-0.2, -0.15) is 0 Å². The average molecular weight is 376 g/mol. The Labute approximate surface area is 161 Å². The number of aliphatic carboxylic acids is 1. The Hall–Kier alpha value is -3.15. The Kier molecular flexibility index (Phi) is 3.59. The number of fused-ring (bicyclic) bond motifs is 4. The highest BCUT2D eigenvalue weighted by molar-refractivity contribution is 5.85. The van der Waals surface area contributed by atoms with Crippen LogP contribution < -0.4 is 10.3 Å². The zero-order valence-electron chi connectivity index (χ0n) is 15.5. The summed E-state index contributed by atoms with van der Waals surface area (Å²) in [5.41, 5.74) is 2.53. The Morgan fingerprint density at radius 3 is 2.82 bits per heavy atom. The van der Waals surface area contributed by atoms with E-state index < -0.39 is 11.4 Å². The van der Waals surface area contributed by atoms with E-state index in [4.69, 9.17) is 9.72 Å². The molecule has 0 amide bonds. The van der Waals surface area contributed by atoms with Crippen LogP contribution in [0.15, 0.2) is 35.1 Å². The summed E-state index contributed by atoms with van der Waals surface area (Å²) in [4.78, 5) is 29.6. The Morgan fingerprint density at radius 1 is 1.32 bits per heavy atom. The van der Waals surface area contributed by atoms with Crippen molar-refractivity contribution in [1.29, 1.82) is 0 Å². The minimum Gasteiger partial charge on any atom is -0.497 e. The SMILES string of the molecule is COc1ccc(/C=C2/CCCc3c2nc2n(c3=O)C3CC3(C(=O)O)C=C2)cc1. The van der Waals surface area contributed by atoms with Crippen LogP contribution in [0.1, 0.15) is 47.9 Å². The predicted octanol–water partition coefficient (Wildman–Crippen LogP) is 3.17. The van der Waals surface area contributed by atoms with Crippen molar-refractivity contribution in [3.63, 3.8) is 0 Å². The molecular weight excluding hydrogens is 356 g/mol. The van der Waals surface area contributed by atoms with Crippen LogP contribution >= 0.6 is 0 Å². The number of carbonyl (C=O) groups is 1. The lowest BCUT2D eigenvalue weighted by atomic mass is 9.90. The van der Waals surface area contributed by atoms with Crippen molar-refractivity contribution >= 4 is 23.7 Å². The molecule has 6 nitrogen and oxygen atoms in total. The van der Waals surface area contributed by atoms with Crippen LogP contribution in [0.2, 0.25) is 0 Å². The molecule has 28 heavy (non-hydrogen) atoms. The summed E-state index contributed by atoms with van der Waals surface area (Å²) in [6.45, 7) is 0. The highest BCUT2D eigenvalue weighted by Gasteiger charge is 2.62. The molecule has 5 rings (SSSR count). The first-order valence-electron chi connectivity index (χ1n) is 9.46. The maximum absolute atomic E-state index is 13.2. The lowest BCUT2D eigenvalue weighted by Gasteiger charge is -2.23. The van der Waals surface area contributed by atoms with Gasteiger partial charge in [0.2, 0.25) is 0 Å². The molecule has 1 aromatic carbocycles. The lowest BCUT2D eigenvalue weighted by Crippen LogP contribution is -2.33. The third-order valence-electron chi connectivity index (χ3n) is 6.08. The summed E-state index contributed by atoms with van der Waals surface area (Å²) in [5, 5.41) is 9.53. The van der Waals surface area contributed by atoms with E-state index >= 15 is 0 Å². The van der Waals surface area contributed by atoms with Gasteiger partial charge in [-0.1, -0.05) is 18.2 Å². The zero-order valence-corrected chi connectivity index (χ0v) is 15.5. The average Bonchev–Trinajstić information content (AvgIpc) is 3.46. The quantitative estimate of drug-likeness (QED) is 0.890.